The topological polar surface area (TPSA) is 139 Å². The number of hydrogen-bond acceptors (Lipinski definition) is 10. The van der Waals surface area contributed by atoms with Crippen molar-refractivity contribution in [2.24, 2.45) is 0 Å². The molecule has 2 amide bonds. The van der Waals surface area contributed by atoms with Crippen LogP contribution in [0, 0.1) is 5.41 Å². The van der Waals surface area contributed by atoms with Crippen molar-refractivity contribution in [3.05, 3.63) is 60.8 Å². The van der Waals surface area contributed by atoms with E-state index in [1.54, 1.807) is 32.4 Å². The summed E-state index contributed by atoms with van der Waals surface area (Å²) in [5, 5.41) is 17.0. The Hall–Kier alpha value is -4.97. The molecule has 0 atom stereocenters. The van der Waals surface area contributed by atoms with Gasteiger partial charge in [-0.15, -0.1) is 0 Å². The van der Waals surface area contributed by atoms with Gasteiger partial charge in [-0.1, -0.05) is 12.6 Å². The summed E-state index contributed by atoms with van der Waals surface area (Å²) in [6, 6.07) is 11.2. The summed E-state index contributed by atoms with van der Waals surface area (Å²) < 4.78 is 5.74. The van der Waals surface area contributed by atoms with E-state index in [9.17, 15) is 9.59 Å². The maximum Gasteiger partial charge on any atom is 0.247 e. The molecule has 2 heterocycles. The van der Waals surface area contributed by atoms with E-state index < -0.39 is 0 Å². The van der Waals surface area contributed by atoms with Crippen molar-refractivity contribution in [3.8, 4) is 17.0 Å². The summed E-state index contributed by atoms with van der Waals surface area (Å²) in [6.45, 7) is 9.79. The molecule has 0 unspecified atom stereocenters. The van der Waals surface area contributed by atoms with Crippen molar-refractivity contribution < 1.29 is 14.3 Å². The smallest absolute Gasteiger partial charge is 0.247 e. The number of anilines is 5. The number of carbonyl (C=O) groups is 2. The molecular formula is C31H39N9O3. The van der Waals surface area contributed by atoms with Crippen molar-refractivity contribution in [3.63, 3.8) is 0 Å². The highest BCUT2D eigenvalue weighted by Gasteiger charge is 2.20. The molecule has 43 heavy (non-hydrogen) atoms. The third-order valence-electron chi connectivity index (χ3n) is 7.42. The number of ether oxygens (including phenoxy) is 1. The first-order chi connectivity index (χ1) is 20.8. The molecule has 0 spiro atoms. The Morgan fingerprint density at radius 3 is 2.53 bits per heavy atom. The first kappa shape index (κ1) is 31.0. The van der Waals surface area contributed by atoms with Crippen molar-refractivity contribution in [1.82, 2.24) is 19.8 Å². The van der Waals surface area contributed by atoms with E-state index in [0.717, 1.165) is 55.2 Å². The van der Waals surface area contributed by atoms with Crippen LogP contribution in [0.5, 0.6) is 5.75 Å². The van der Waals surface area contributed by atoms with Crippen LogP contribution in [0.3, 0.4) is 0 Å². The van der Waals surface area contributed by atoms with E-state index in [4.69, 9.17) is 10.1 Å². The molecule has 0 saturated carbocycles. The zero-order chi connectivity index (χ0) is 30.9. The zero-order valence-corrected chi connectivity index (χ0v) is 25.1. The third kappa shape index (κ3) is 7.66. The molecule has 226 valence electrons. The minimum atomic E-state index is -0.337. The minimum Gasteiger partial charge on any atom is -0.494 e. The summed E-state index contributed by atoms with van der Waals surface area (Å²) >= 11 is 0. The number of likely N-dealkylation sites (N-methyl/N-ethyl adjacent to an activating group) is 1. The summed E-state index contributed by atoms with van der Waals surface area (Å²) in [4.78, 5) is 39.4. The first-order valence-corrected chi connectivity index (χ1v) is 14.0. The second-order valence-corrected chi connectivity index (χ2v) is 10.1. The Bertz CT molecular complexity index is 1490. The van der Waals surface area contributed by atoms with Gasteiger partial charge in [0.2, 0.25) is 17.8 Å². The quantitative estimate of drug-likeness (QED) is 0.185. The van der Waals surface area contributed by atoms with Gasteiger partial charge in [0.1, 0.15) is 5.75 Å². The number of nitrogens with zero attached hydrogens (tertiary/aromatic N) is 5. The molecule has 1 fully saturated rings. The van der Waals surface area contributed by atoms with Gasteiger partial charge in [-0.3, -0.25) is 14.5 Å². The maximum atomic E-state index is 12.4. The average molecular weight is 586 g/mol. The number of rotatable bonds is 12. The third-order valence-corrected chi connectivity index (χ3v) is 7.42. The fourth-order valence-corrected chi connectivity index (χ4v) is 4.90. The van der Waals surface area contributed by atoms with Crippen LogP contribution in [0.2, 0.25) is 0 Å². The molecule has 1 aliphatic heterocycles. The predicted molar refractivity (Wildman–Crippen MR) is 172 cm³/mol. The average Bonchev–Trinajstić information content (AvgIpc) is 3.03. The fraction of sp³-hybridized carbons (Fsp3) is 0.323. The molecule has 2 aromatic carbocycles. The highest BCUT2D eigenvalue weighted by molar-refractivity contribution is 6.02. The van der Waals surface area contributed by atoms with E-state index in [2.05, 4.69) is 42.3 Å². The van der Waals surface area contributed by atoms with E-state index in [0.29, 0.717) is 35.3 Å². The molecule has 1 aromatic heterocycles. The number of methoxy groups -OCH3 is 1. The number of amides is 2. The van der Waals surface area contributed by atoms with E-state index >= 15 is 0 Å². The minimum absolute atomic E-state index is 0.109. The predicted octanol–water partition coefficient (Wildman–Crippen LogP) is 3.66. The lowest BCUT2D eigenvalue weighted by molar-refractivity contribution is -0.130. The lowest BCUT2D eigenvalue weighted by Gasteiger charge is -2.35. The van der Waals surface area contributed by atoms with Gasteiger partial charge in [-0.25, -0.2) is 9.97 Å². The van der Waals surface area contributed by atoms with Crippen LogP contribution in [0.1, 0.15) is 12.5 Å². The van der Waals surface area contributed by atoms with Crippen molar-refractivity contribution in [2.45, 2.75) is 6.92 Å². The van der Waals surface area contributed by atoms with Gasteiger partial charge in [-0.2, -0.15) is 0 Å². The molecule has 12 heteroatoms. The molecule has 0 radical (unpaired) electrons. The van der Waals surface area contributed by atoms with E-state index in [-0.39, 0.29) is 11.8 Å². The summed E-state index contributed by atoms with van der Waals surface area (Å²) in [5.74, 6) is 0.664. The Balaban J connectivity index is 1.57. The standard InChI is InChI=1S/C31H39N9O3/c1-6-30(42)35-26-18-27(37-31-34-10-9-25(36-31)22-7-8-24(33-3)23(17-22)20-32)29(43-5)19-28(26)38(4)11-12-39-13-15-40(16-14-39)21(2)41/h6-10,17-20,32-33H,1,11-16H2,2-5H3,(H,35,42)(H,34,36,37). The van der Waals surface area contributed by atoms with Crippen LogP contribution < -0.4 is 25.6 Å². The Morgan fingerprint density at radius 2 is 1.88 bits per heavy atom. The molecule has 4 rings (SSSR count). The van der Waals surface area contributed by atoms with Gasteiger partial charge < -0.3 is 35.9 Å². The van der Waals surface area contributed by atoms with Crippen LogP contribution in [-0.2, 0) is 9.59 Å². The van der Waals surface area contributed by atoms with Gasteiger partial charge in [0.05, 0.1) is 29.9 Å². The molecule has 3 aromatic rings. The van der Waals surface area contributed by atoms with E-state index in [1.165, 1.54) is 12.3 Å². The second-order valence-electron chi connectivity index (χ2n) is 10.1. The van der Waals surface area contributed by atoms with Gasteiger partial charge in [0.25, 0.3) is 0 Å². The van der Waals surface area contributed by atoms with Crippen LogP contribution in [-0.4, -0.2) is 98.3 Å². The van der Waals surface area contributed by atoms with Crippen molar-refractivity contribution >= 4 is 46.7 Å². The number of piperazine rings is 1. The normalized spacial score (nSPS) is 13.2. The lowest BCUT2D eigenvalue weighted by atomic mass is 10.1. The highest BCUT2D eigenvalue weighted by atomic mass is 16.5. The number of carbonyl (C=O) groups excluding carboxylic acids is 2. The lowest BCUT2D eigenvalue weighted by Crippen LogP contribution is -2.49. The molecule has 4 N–H and O–H groups in total. The van der Waals surface area contributed by atoms with Crippen molar-refractivity contribution in [2.75, 3.05) is 81.3 Å². The van der Waals surface area contributed by atoms with Gasteiger partial charge >= 0.3 is 0 Å². The summed E-state index contributed by atoms with van der Waals surface area (Å²) in [7, 11) is 5.36. The summed E-state index contributed by atoms with van der Waals surface area (Å²) in [5.41, 5.74) is 5.05. The first-order valence-electron chi connectivity index (χ1n) is 14.0. The molecule has 1 aliphatic rings. The fourth-order valence-electron chi connectivity index (χ4n) is 4.90. The monoisotopic (exact) mass is 585 g/mol. The largest absolute Gasteiger partial charge is 0.494 e. The number of hydrogen-bond donors (Lipinski definition) is 4. The van der Waals surface area contributed by atoms with Gasteiger partial charge in [-0.05, 0) is 30.3 Å². The van der Waals surface area contributed by atoms with Gasteiger partial charge in [0, 0.05) is 95.6 Å². The maximum absolute atomic E-state index is 12.4. The Kier molecular flexibility index (Phi) is 10.3. The zero-order valence-electron chi connectivity index (χ0n) is 25.1. The van der Waals surface area contributed by atoms with Crippen LogP contribution in [0.15, 0.2) is 55.3 Å². The van der Waals surface area contributed by atoms with Crippen LogP contribution in [0.4, 0.5) is 28.7 Å². The number of nitrogens with one attached hydrogen (secondary N) is 4. The summed E-state index contributed by atoms with van der Waals surface area (Å²) in [6.07, 6.45) is 4.18. The molecule has 0 bridgehead atoms. The van der Waals surface area contributed by atoms with E-state index in [1.807, 2.05) is 43.3 Å². The van der Waals surface area contributed by atoms with Crippen molar-refractivity contribution in [1.29, 1.82) is 5.41 Å². The number of benzene rings is 2. The van der Waals surface area contributed by atoms with Crippen LogP contribution >= 0.6 is 0 Å². The second kappa shape index (κ2) is 14.3. The molecule has 1 saturated heterocycles. The molecule has 12 nitrogen and oxygen atoms in total. The van der Waals surface area contributed by atoms with Crippen LogP contribution in [0.25, 0.3) is 11.3 Å². The Labute approximate surface area is 252 Å². The SMILES string of the molecule is C=CC(=O)Nc1cc(Nc2nccc(-c3ccc(NC)c(C=N)c3)n2)c(OC)cc1N(C)CCN1CCN(C(C)=O)CC1. The Morgan fingerprint density at radius 1 is 1.12 bits per heavy atom. The molecule has 0 aliphatic carbocycles. The number of aromatic nitrogens is 2. The molecular weight excluding hydrogens is 546 g/mol. The highest BCUT2D eigenvalue weighted by Crippen LogP contribution is 2.38. The van der Waals surface area contributed by atoms with Gasteiger partial charge in [0.15, 0.2) is 0 Å².